The quantitative estimate of drug-likeness (QED) is 0.657. The Morgan fingerprint density at radius 3 is 2.67 bits per heavy atom. The van der Waals surface area contributed by atoms with Gasteiger partial charge in [-0.3, -0.25) is 4.79 Å². The number of alkyl halides is 3. The van der Waals surface area contributed by atoms with Gasteiger partial charge in [0.25, 0.3) is 0 Å². The summed E-state index contributed by atoms with van der Waals surface area (Å²) in [5.41, 5.74) is 0.0815. The van der Waals surface area contributed by atoms with Crippen LogP contribution in [0.25, 0.3) is 0 Å². The largest absolute Gasteiger partial charge is 0.411 e. The molecule has 1 amide bonds. The maximum atomic E-state index is 13.6. The second-order valence-corrected chi connectivity index (χ2v) is 3.81. The number of hydrogen-bond acceptors (Lipinski definition) is 3. The number of carbonyl (C=O) groups is 1. The van der Waals surface area contributed by atoms with Crippen molar-refractivity contribution in [3.63, 3.8) is 0 Å². The third kappa shape index (κ3) is 6.74. The standard InChI is InChI=1S/C13H11F4NO3/c14-10-6-9(2-1-5-19)3-4-11(10)18-12(20)7-21-8-13(15,16)17/h3-4,6,19H,5,7-8H2,(H,18,20). The van der Waals surface area contributed by atoms with E-state index in [1.807, 2.05) is 0 Å². The maximum absolute atomic E-state index is 13.6. The smallest absolute Gasteiger partial charge is 0.384 e. The lowest BCUT2D eigenvalue weighted by atomic mass is 10.2. The van der Waals surface area contributed by atoms with E-state index in [9.17, 15) is 22.4 Å². The number of ether oxygens (including phenoxy) is 1. The lowest BCUT2D eigenvalue weighted by molar-refractivity contribution is -0.174. The highest BCUT2D eigenvalue weighted by molar-refractivity contribution is 5.91. The summed E-state index contributed by atoms with van der Waals surface area (Å²) in [6, 6.07) is 3.62. The van der Waals surface area contributed by atoms with Crippen LogP contribution in [0, 0.1) is 17.7 Å². The summed E-state index contributed by atoms with van der Waals surface area (Å²) in [7, 11) is 0. The number of anilines is 1. The highest BCUT2D eigenvalue weighted by Crippen LogP contribution is 2.16. The van der Waals surface area contributed by atoms with Crippen molar-refractivity contribution in [1.82, 2.24) is 0 Å². The van der Waals surface area contributed by atoms with Crippen molar-refractivity contribution in [2.75, 3.05) is 25.1 Å². The van der Waals surface area contributed by atoms with Crippen molar-refractivity contribution in [3.8, 4) is 11.8 Å². The Labute approximate surface area is 117 Å². The predicted octanol–water partition coefficient (Wildman–Crippen LogP) is 1.69. The first-order valence-electron chi connectivity index (χ1n) is 5.65. The number of halogens is 4. The fourth-order valence-electron chi connectivity index (χ4n) is 1.28. The molecule has 1 aromatic rings. The number of benzene rings is 1. The van der Waals surface area contributed by atoms with E-state index in [2.05, 4.69) is 21.9 Å². The van der Waals surface area contributed by atoms with Gasteiger partial charge in [0.15, 0.2) is 0 Å². The molecule has 0 heterocycles. The fourth-order valence-corrected chi connectivity index (χ4v) is 1.28. The Morgan fingerprint density at radius 2 is 2.10 bits per heavy atom. The molecule has 2 N–H and O–H groups in total. The molecule has 0 aromatic heterocycles. The number of rotatable bonds is 4. The lowest BCUT2D eigenvalue weighted by Gasteiger charge is -2.09. The summed E-state index contributed by atoms with van der Waals surface area (Å²) < 4.78 is 53.1. The third-order valence-corrected chi connectivity index (χ3v) is 2.05. The van der Waals surface area contributed by atoms with E-state index in [1.165, 1.54) is 12.1 Å². The van der Waals surface area contributed by atoms with Crippen molar-refractivity contribution in [2.45, 2.75) is 6.18 Å². The van der Waals surface area contributed by atoms with E-state index >= 15 is 0 Å². The van der Waals surface area contributed by atoms with Crippen LogP contribution >= 0.6 is 0 Å². The van der Waals surface area contributed by atoms with E-state index in [4.69, 9.17) is 5.11 Å². The van der Waals surface area contributed by atoms with E-state index in [0.717, 1.165) is 6.07 Å². The SMILES string of the molecule is O=C(COCC(F)(F)F)Nc1ccc(C#CCO)cc1F. The van der Waals surface area contributed by atoms with Crippen LogP contribution in [0.2, 0.25) is 0 Å². The Morgan fingerprint density at radius 1 is 1.38 bits per heavy atom. The predicted molar refractivity (Wildman–Crippen MR) is 65.9 cm³/mol. The zero-order chi connectivity index (χ0) is 15.9. The van der Waals surface area contributed by atoms with E-state index in [-0.39, 0.29) is 17.9 Å². The third-order valence-electron chi connectivity index (χ3n) is 2.05. The number of aliphatic hydroxyl groups excluding tert-OH is 1. The van der Waals surface area contributed by atoms with Crippen molar-refractivity contribution < 1.29 is 32.2 Å². The molecule has 0 fully saturated rings. The molecule has 0 aliphatic rings. The Kier molecular flexibility index (Phi) is 6.14. The molecule has 0 aliphatic heterocycles. The molecule has 0 unspecified atom stereocenters. The number of aliphatic hydroxyl groups is 1. The molecule has 0 atom stereocenters. The molecule has 0 spiro atoms. The minimum Gasteiger partial charge on any atom is -0.384 e. The molecule has 1 aromatic carbocycles. The van der Waals surface area contributed by atoms with Crippen molar-refractivity contribution >= 4 is 11.6 Å². The second kappa shape index (κ2) is 7.61. The molecular weight excluding hydrogens is 294 g/mol. The number of hydrogen-bond donors (Lipinski definition) is 2. The highest BCUT2D eigenvalue weighted by atomic mass is 19.4. The van der Waals surface area contributed by atoms with Gasteiger partial charge in [-0.2, -0.15) is 13.2 Å². The van der Waals surface area contributed by atoms with Crippen molar-refractivity contribution in [1.29, 1.82) is 0 Å². The van der Waals surface area contributed by atoms with Crippen LogP contribution < -0.4 is 5.32 Å². The second-order valence-electron chi connectivity index (χ2n) is 3.81. The Bertz CT molecular complexity index is 561. The summed E-state index contributed by atoms with van der Waals surface area (Å²) in [4.78, 5) is 11.3. The van der Waals surface area contributed by atoms with E-state index < -0.39 is 31.1 Å². The minimum absolute atomic E-state index is 0.204. The average Bonchev–Trinajstić information content (AvgIpc) is 2.37. The van der Waals surface area contributed by atoms with Gasteiger partial charge in [-0.15, -0.1) is 0 Å². The van der Waals surface area contributed by atoms with Gasteiger partial charge < -0.3 is 15.2 Å². The summed E-state index contributed by atoms with van der Waals surface area (Å²) in [6.45, 7) is -2.78. The molecule has 1 rings (SSSR count). The van der Waals surface area contributed by atoms with Crippen LogP contribution in [0.4, 0.5) is 23.2 Å². The Balaban J connectivity index is 2.56. The zero-order valence-corrected chi connectivity index (χ0v) is 10.6. The molecule has 0 saturated heterocycles. The molecule has 0 saturated carbocycles. The molecule has 0 aliphatic carbocycles. The van der Waals surface area contributed by atoms with Crippen LogP contribution in [0.1, 0.15) is 5.56 Å². The number of amides is 1. The van der Waals surface area contributed by atoms with Gasteiger partial charge in [-0.25, -0.2) is 4.39 Å². The summed E-state index contributed by atoms with van der Waals surface area (Å²) in [5, 5.41) is 10.6. The van der Waals surface area contributed by atoms with Gasteiger partial charge in [-0.05, 0) is 18.2 Å². The molecule has 114 valence electrons. The van der Waals surface area contributed by atoms with Crippen LogP contribution in [0.5, 0.6) is 0 Å². The molecule has 0 radical (unpaired) electrons. The zero-order valence-electron chi connectivity index (χ0n) is 10.6. The van der Waals surface area contributed by atoms with E-state index in [0.29, 0.717) is 0 Å². The Hall–Kier alpha value is -2.11. The van der Waals surface area contributed by atoms with E-state index in [1.54, 1.807) is 0 Å². The lowest BCUT2D eigenvalue weighted by Crippen LogP contribution is -2.24. The van der Waals surface area contributed by atoms with Gasteiger partial charge in [-0.1, -0.05) is 11.8 Å². The normalized spacial score (nSPS) is 10.7. The van der Waals surface area contributed by atoms with Crippen LogP contribution in [-0.4, -0.2) is 37.0 Å². The first-order valence-corrected chi connectivity index (χ1v) is 5.65. The van der Waals surface area contributed by atoms with Crippen LogP contribution in [0.3, 0.4) is 0 Å². The van der Waals surface area contributed by atoms with Gasteiger partial charge in [0.05, 0.1) is 5.69 Å². The summed E-state index contributed by atoms with van der Waals surface area (Å²) >= 11 is 0. The summed E-state index contributed by atoms with van der Waals surface area (Å²) in [5.74, 6) is 3.07. The average molecular weight is 305 g/mol. The number of nitrogens with one attached hydrogen (secondary N) is 1. The highest BCUT2D eigenvalue weighted by Gasteiger charge is 2.27. The first-order chi connectivity index (χ1) is 9.81. The molecule has 8 heteroatoms. The van der Waals surface area contributed by atoms with Crippen LogP contribution in [0.15, 0.2) is 18.2 Å². The van der Waals surface area contributed by atoms with Gasteiger partial charge in [0.2, 0.25) is 5.91 Å². The number of carbonyl (C=O) groups excluding carboxylic acids is 1. The van der Waals surface area contributed by atoms with Gasteiger partial charge in [0, 0.05) is 5.56 Å². The minimum atomic E-state index is -4.53. The van der Waals surface area contributed by atoms with Crippen molar-refractivity contribution in [2.24, 2.45) is 0 Å². The maximum Gasteiger partial charge on any atom is 0.411 e. The molecule has 21 heavy (non-hydrogen) atoms. The molecule has 0 bridgehead atoms. The first kappa shape index (κ1) is 16.9. The van der Waals surface area contributed by atoms with Crippen molar-refractivity contribution in [3.05, 3.63) is 29.6 Å². The molecular formula is C13H11F4NO3. The van der Waals surface area contributed by atoms with Gasteiger partial charge in [0.1, 0.15) is 25.6 Å². The van der Waals surface area contributed by atoms with Gasteiger partial charge >= 0.3 is 6.18 Å². The topological polar surface area (TPSA) is 58.6 Å². The summed E-state index contributed by atoms with van der Waals surface area (Å²) in [6.07, 6.45) is -4.53. The monoisotopic (exact) mass is 305 g/mol. The molecule has 4 nitrogen and oxygen atoms in total. The van der Waals surface area contributed by atoms with Crippen LogP contribution in [-0.2, 0) is 9.53 Å². The fraction of sp³-hybridized carbons (Fsp3) is 0.308.